The molecule has 21 heavy (non-hydrogen) atoms. The molecule has 2 N–H and O–H groups in total. The van der Waals surface area contributed by atoms with Crippen molar-refractivity contribution in [3.05, 3.63) is 6.33 Å². The van der Waals surface area contributed by atoms with E-state index < -0.39 is 0 Å². The van der Waals surface area contributed by atoms with E-state index in [1.54, 1.807) is 6.33 Å². The van der Waals surface area contributed by atoms with Gasteiger partial charge < -0.3 is 15.4 Å². The van der Waals surface area contributed by atoms with Gasteiger partial charge in [-0.2, -0.15) is 4.98 Å². The van der Waals surface area contributed by atoms with Crippen molar-refractivity contribution in [2.24, 2.45) is 0 Å². The highest BCUT2D eigenvalue weighted by Gasteiger charge is 2.30. The minimum atomic E-state index is 0.0604. The molecule has 2 aliphatic heterocycles. The van der Waals surface area contributed by atoms with Crippen molar-refractivity contribution in [2.45, 2.75) is 45.3 Å². The third kappa shape index (κ3) is 3.05. The molecule has 2 aliphatic rings. The molecule has 0 amide bonds. The average Bonchev–Trinajstić information content (AvgIpc) is 2.48. The second-order valence-corrected chi connectivity index (χ2v) is 6.21. The van der Waals surface area contributed by atoms with Crippen molar-refractivity contribution in [1.29, 1.82) is 0 Å². The number of piperidine rings is 1. The monoisotopic (exact) mass is 291 g/mol. The number of rotatable bonds is 3. The van der Waals surface area contributed by atoms with Crippen LogP contribution in [0.3, 0.4) is 0 Å². The maximum Gasteiger partial charge on any atom is 0.242 e. The Morgan fingerprint density at radius 1 is 1.24 bits per heavy atom. The Hall–Kier alpha value is -1.56. The van der Waals surface area contributed by atoms with Crippen LogP contribution in [0.25, 0.3) is 0 Å². The third-order valence-corrected chi connectivity index (χ3v) is 4.31. The zero-order valence-electron chi connectivity index (χ0n) is 13.0. The molecule has 6 heteroatoms. The first-order valence-corrected chi connectivity index (χ1v) is 7.91. The van der Waals surface area contributed by atoms with Crippen LogP contribution in [0.15, 0.2) is 6.33 Å². The Morgan fingerprint density at radius 2 is 2.10 bits per heavy atom. The van der Waals surface area contributed by atoms with Crippen molar-refractivity contribution in [2.75, 3.05) is 36.8 Å². The normalized spacial score (nSPS) is 23.2. The summed E-state index contributed by atoms with van der Waals surface area (Å²) in [4.78, 5) is 13.4. The number of aromatic nitrogens is 2. The molecule has 0 bridgehead atoms. The molecule has 2 saturated heterocycles. The van der Waals surface area contributed by atoms with Crippen molar-refractivity contribution in [3.8, 4) is 5.88 Å². The molecule has 1 aromatic heterocycles. The number of fused-ring (bicyclic) bond motifs is 1. The lowest BCUT2D eigenvalue weighted by molar-refractivity contribution is 0.133. The first-order valence-electron chi connectivity index (χ1n) is 7.91. The van der Waals surface area contributed by atoms with Gasteiger partial charge in [0.2, 0.25) is 5.88 Å². The van der Waals surface area contributed by atoms with Crippen molar-refractivity contribution < 1.29 is 4.74 Å². The summed E-state index contributed by atoms with van der Waals surface area (Å²) >= 11 is 0. The van der Waals surface area contributed by atoms with Gasteiger partial charge >= 0.3 is 0 Å². The first kappa shape index (κ1) is 14.4. The molecule has 0 radical (unpaired) electrons. The van der Waals surface area contributed by atoms with Crippen LogP contribution in [0.5, 0.6) is 5.88 Å². The van der Waals surface area contributed by atoms with Crippen molar-refractivity contribution in [3.63, 3.8) is 0 Å². The fraction of sp³-hybridized carbons (Fsp3) is 0.733. The highest BCUT2D eigenvalue weighted by molar-refractivity contribution is 5.68. The fourth-order valence-corrected chi connectivity index (χ4v) is 3.29. The van der Waals surface area contributed by atoms with E-state index in [9.17, 15) is 0 Å². The molecule has 1 aromatic rings. The van der Waals surface area contributed by atoms with Crippen LogP contribution in [-0.2, 0) is 0 Å². The summed E-state index contributed by atoms with van der Waals surface area (Å²) in [6, 6.07) is 0.635. The molecular weight excluding hydrogens is 266 g/mol. The van der Waals surface area contributed by atoms with E-state index in [0.717, 1.165) is 25.5 Å². The minimum absolute atomic E-state index is 0.0604. The van der Waals surface area contributed by atoms with E-state index in [1.807, 2.05) is 13.8 Å². The molecule has 0 spiro atoms. The topological polar surface area (TPSA) is 67.5 Å². The van der Waals surface area contributed by atoms with Gasteiger partial charge in [-0.15, -0.1) is 0 Å². The highest BCUT2D eigenvalue weighted by Crippen LogP contribution is 2.31. The average molecular weight is 291 g/mol. The molecule has 1 unspecified atom stereocenters. The second kappa shape index (κ2) is 6.05. The standard InChI is InChI=1S/C15H25N5O/c1-11(2)21-15-13(16)14(17-10-18-15)20-8-7-19-6-4-3-5-12(19)9-20/h10-12H,3-9,16H2,1-2H3. The van der Waals surface area contributed by atoms with E-state index in [2.05, 4.69) is 19.8 Å². The van der Waals surface area contributed by atoms with Crippen LogP contribution in [0.1, 0.15) is 33.1 Å². The van der Waals surface area contributed by atoms with Gasteiger partial charge in [0.15, 0.2) is 5.82 Å². The molecule has 3 rings (SSSR count). The second-order valence-electron chi connectivity index (χ2n) is 6.21. The predicted molar refractivity (Wildman–Crippen MR) is 83.6 cm³/mol. The van der Waals surface area contributed by atoms with Gasteiger partial charge in [-0.05, 0) is 33.2 Å². The number of nitrogen functional groups attached to an aromatic ring is 1. The van der Waals surface area contributed by atoms with Gasteiger partial charge in [0.25, 0.3) is 0 Å². The van der Waals surface area contributed by atoms with Crippen molar-refractivity contribution in [1.82, 2.24) is 14.9 Å². The molecule has 116 valence electrons. The lowest BCUT2D eigenvalue weighted by Crippen LogP contribution is -2.55. The van der Waals surface area contributed by atoms with Crippen LogP contribution < -0.4 is 15.4 Å². The molecule has 6 nitrogen and oxygen atoms in total. The van der Waals surface area contributed by atoms with Crippen LogP contribution in [-0.4, -0.2) is 53.2 Å². The summed E-state index contributed by atoms with van der Waals surface area (Å²) in [5.74, 6) is 1.33. The summed E-state index contributed by atoms with van der Waals surface area (Å²) in [5.41, 5.74) is 6.79. The smallest absolute Gasteiger partial charge is 0.242 e. The highest BCUT2D eigenvalue weighted by atomic mass is 16.5. The van der Waals surface area contributed by atoms with Gasteiger partial charge in [-0.3, -0.25) is 4.90 Å². The maximum atomic E-state index is 6.23. The molecule has 0 saturated carbocycles. The zero-order valence-corrected chi connectivity index (χ0v) is 13.0. The molecule has 1 atom stereocenters. The maximum absolute atomic E-state index is 6.23. The van der Waals surface area contributed by atoms with E-state index in [0.29, 0.717) is 17.6 Å². The van der Waals surface area contributed by atoms with Crippen LogP contribution in [0.2, 0.25) is 0 Å². The summed E-state index contributed by atoms with van der Waals surface area (Å²) in [5, 5.41) is 0. The number of anilines is 2. The summed E-state index contributed by atoms with van der Waals surface area (Å²) < 4.78 is 5.67. The Balaban J connectivity index is 1.77. The molecule has 0 aliphatic carbocycles. The summed E-state index contributed by atoms with van der Waals surface area (Å²) in [6.07, 6.45) is 5.55. The Labute approximate surface area is 126 Å². The number of piperazine rings is 1. The molecule has 3 heterocycles. The minimum Gasteiger partial charge on any atom is -0.473 e. The van der Waals surface area contributed by atoms with Crippen LogP contribution >= 0.6 is 0 Å². The van der Waals surface area contributed by atoms with E-state index >= 15 is 0 Å². The summed E-state index contributed by atoms with van der Waals surface area (Å²) in [6.45, 7) is 8.25. The number of ether oxygens (including phenoxy) is 1. The first-order chi connectivity index (χ1) is 10.1. The van der Waals surface area contributed by atoms with Gasteiger partial charge in [0.05, 0.1) is 6.10 Å². The van der Waals surface area contributed by atoms with Gasteiger partial charge in [-0.1, -0.05) is 6.42 Å². The van der Waals surface area contributed by atoms with E-state index in [-0.39, 0.29) is 6.10 Å². The van der Waals surface area contributed by atoms with E-state index in [4.69, 9.17) is 10.5 Å². The van der Waals surface area contributed by atoms with Crippen LogP contribution in [0.4, 0.5) is 11.5 Å². The SMILES string of the molecule is CC(C)Oc1ncnc(N2CCN3CCCCC3C2)c1N. The quantitative estimate of drug-likeness (QED) is 0.911. The Bertz CT molecular complexity index is 493. The Kier molecular flexibility index (Phi) is 4.14. The van der Waals surface area contributed by atoms with Crippen molar-refractivity contribution >= 4 is 11.5 Å². The summed E-state index contributed by atoms with van der Waals surface area (Å²) in [7, 11) is 0. The van der Waals surface area contributed by atoms with Gasteiger partial charge in [-0.25, -0.2) is 4.98 Å². The fourth-order valence-electron chi connectivity index (χ4n) is 3.29. The predicted octanol–water partition coefficient (Wildman–Crippen LogP) is 1.52. The number of hydrogen-bond donors (Lipinski definition) is 1. The number of hydrogen-bond acceptors (Lipinski definition) is 6. The van der Waals surface area contributed by atoms with E-state index in [1.165, 1.54) is 25.8 Å². The largest absolute Gasteiger partial charge is 0.473 e. The number of nitrogens with two attached hydrogens (primary N) is 1. The van der Waals surface area contributed by atoms with Gasteiger partial charge in [0.1, 0.15) is 12.0 Å². The third-order valence-electron chi connectivity index (χ3n) is 4.31. The number of nitrogens with zero attached hydrogens (tertiary/aromatic N) is 4. The lowest BCUT2D eigenvalue weighted by Gasteiger charge is -2.44. The molecule has 2 fully saturated rings. The molecule has 0 aromatic carbocycles. The van der Waals surface area contributed by atoms with Crippen LogP contribution in [0, 0.1) is 0 Å². The Morgan fingerprint density at radius 3 is 2.90 bits per heavy atom. The zero-order chi connectivity index (χ0) is 14.8. The lowest BCUT2D eigenvalue weighted by atomic mass is 9.99. The van der Waals surface area contributed by atoms with Gasteiger partial charge in [0, 0.05) is 25.7 Å². The molecular formula is C15H25N5O.